The van der Waals surface area contributed by atoms with Crippen molar-refractivity contribution >= 4 is 29.2 Å². The van der Waals surface area contributed by atoms with Gasteiger partial charge in [0.1, 0.15) is 11.5 Å². The van der Waals surface area contributed by atoms with Gasteiger partial charge in [-0.3, -0.25) is 9.59 Å². The Kier molecular flexibility index (Phi) is 4.57. The second-order valence-electron chi connectivity index (χ2n) is 4.59. The molecule has 1 heterocycles. The highest BCUT2D eigenvalue weighted by Crippen LogP contribution is 2.40. The Labute approximate surface area is 127 Å². The molecular weight excluding hydrogens is 298 g/mol. The minimum Gasteiger partial charge on any atom is -0.495 e. The Hall–Kier alpha value is -1.95. The number of hydrogen-bond donors (Lipinski definition) is 0. The molecule has 1 amide bonds. The highest BCUT2D eigenvalue weighted by molar-refractivity contribution is 6.32. The summed E-state index contributed by atoms with van der Waals surface area (Å²) in [6.45, 7) is 0.243. The lowest BCUT2D eigenvalue weighted by Gasteiger charge is -2.20. The molecule has 2 rings (SSSR count). The summed E-state index contributed by atoms with van der Waals surface area (Å²) in [6, 6.07) is 3.20. The van der Waals surface area contributed by atoms with E-state index in [2.05, 4.69) is 0 Å². The second-order valence-corrected chi connectivity index (χ2v) is 4.99. The maximum absolute atomic E-state index is 12.1. The van der Waals surface area contributed by atoms with Crippen LogP contribution in [0, 0.1) is 5.92 Å². The third-order valence-corrected chi connectivity index (χ3v) is 3.70. The zero-order chi connectivity index (χ0) is 15.6. The lowest BCUT2D eigenvalue weighted by Crippen LogP contribution is -2.26. The summed E-state index contributed by atoms with van der Waals surface area (Å²) in [5, 5.41) is 0.384. The van der Waals surface area contributed by atoms with Crippen LogP contribution in [0.15, 0.2) is 12.1 Å². The Balaban J connectivity index is 2.37. The van der Waals surface area contributed by atoms with Crippen LogP contribution in [0.5, 0.6) is 11.5 Å². The van der Waals surface area contributed by atoms with Crippen molar-refractivity contribution in [1.82, 2.24) is 0 Å². The van der Waals surface area contributed by atoms with E-state index in [1.807, 2.05) is 0 Å². The fourth-order valence-electron chi connectivity index (χ4n) is 2.32. The zero-order valence-electron chi connectivity index (χ0n) is 12.0. The van der Waals surface area contributed by atoms with Gasteiger partial charge in [0.15, 0.2) is 0 Å². The topological polar surface area (TPSA) is 65.1 Å². The van der Waals surface area contributed by atoms with Crippen LogP contribution in [-0.4, -0.2) is 39.8 Å². The largest absolute Gasteiger partial charge is 0.495 e. The van der Waals surface area contributed by atoms with Gasteiger partial charge >= 0.3 is 5.97 Å². The number of carbonyl (C=O) groups excluding carboxylic acids is 2. The maximum atomic E-state index is 12.1. The number of carbonyl (C=O) groups is 2. The van der Waals surface area contributed by atoms with E-state index in [0.29, 0.717) is 22.2 Å². The van der Waals surface area contributed by atoms with Crippen molar-refractivity contribution in [3.05, 3.63) is 17.2 Å². The van der Waals surface area contributed by atoms with Crippen LogP contribution in [0.1, 0.15) is 6.42 Å². The number of halogens is 1. The third-order valence-electron chi connectivity index (χ3n) is 3.40. The number of esters is 1. The first-order valence-electron chi connectivity index (χ1n) is 6.31. The van der Waals surface area contributed by atoms with E-state index < -0.39 is 11.9 Å². The smallest absolute Gasteiger partial charge is 0.311 e. The second kappa shape index (κ2) is 6.22. The third kappa shape index (κ3) is 2.90. The standard InChI is InChI=1S/C14H16ClNO5/c1-19-11-6-10(12(20-2)5-9(11)15)16-7-8(4-13(16)17)14(18)21-3/h5-6,8H,4,7H2,1-3H3/t8-/m1/s1. The molecule has 1 aromatic carbocycles. The summed E-state index contributed by atoms with van der Waals surface area (Å²) in [5.74, 6) is -0.172. The SMILES string of the molecule is COC(=O)[C@@H]1CC(=O)N(c2cc(OC)c(Cl)cc2OC)C1. The van der Waals surface area contributed by atoms with Crippen molar-refractivity contribution in [1.29, 1.82) is 0 Å². The molecule has 1 fully saturated rings. The Morgan fingerprint density at radius 3 is 2.48 bits per heavy atom. The predicted octanol–water partition coefficient (Wildman–Crippen LogP) is 1.88. The molecule has 0 saturated carbocycles. The summed E-state index contributed by atoms with van der Waals surface area (Å²) >= 11 is 6.04. The maximum Gasteiger partial charge on any atom is 0.311 e. The van der Waals surface area contributed by atoms with E-state index in [4.69, 9.17) is 25.8 Å². The highest BCUT2D eigenvalue weighted by Gasteiger charge is 2.37. The molecule has 0 bridgehead atoms. The molecule has 0 spiro atoms. The summed E-state index contributed by atoms with van der Waals surface area (Å²) in [6.07, 6.45) is 0.112. The van der Waals surface area contributed by atoms with Crippen LogP contribution in [-0.2, 0) is 14.3 Å². The van der Waals surface area contributed by atoms with Crippen molar-refractivity contribution in [2.24, 2.45) is 5.92 Å². The van der Waals surface area contributed by atoms with Gasteiger partial charge in [-0.05, 0) is 0 Å². The van der Waals surface area contributed by atoms with Crippen molar-refractivity contribution < 1.29 is 23.8 Å². The Morgan fingerprint density at radius 2 is 1.90 bits per heavy atom. The number of rotatable bonds is 4. The molecule has 1 aliphatic heterocycles. The summed E-state index contributed by atoms with van der Waals surface area (Å²) in [5.41, 5.74) is 0.523. The van der Waals surface area contributed by atoms with Crippen molar-refractivity contribution in [2.45, 2.75) is 6.42 Å². The number of amides is 1. The van der Waals surface area contributed by atoms with Gasteiger partial charge in [0, 0.05) is 25.1 Å². The molecule has 0 radical (unpaired) electrons. The number of benzene rings is 1. The summed E-state index contributed by atoms with van der Waals surface area (Å²) in [7, 11) is 4.28. The van der Waals surface area contributed by atoms with Gasteiger partial charge in [-0.15, -0.1) is 0 Å². The number of anilines is 1. The zero-order valence-corrected chi connectivity index (χ0v) is 12.8. The molecule has 114 valence electrons. The molecule has 0 aromatic heterocycles. The monoisotopic (exact) mass is 313 g/mol. The van der Waals surface area contributed by atoms with E-state index in [-0.39, 0.29) is 18.9 Å². The molecule has 1 aromatic rings. The quantitative estimate of drug-likeness (QED) is 0.794. The van der Waals surface area contributed by atoms with Crippen LogP contribution in [0.25, 0.3) is 0 Å². The molecule has 7 heteroatoms. The van der Waals surface area contributed by atoms with Crippen LogP contribution in [0.3, 0.4) is 0 Å². The van der Waals surface area contributed by atoms with Crippen molar-refractivity contribution in [2.75, 3.05) is 32.8 Å². The van der Waals surface area contributed by atoms with Crippen molar-refractivity contribution in [3.8, 4) is 11.5 Å². The summed E-state index contributed by atoms with van der Waals surface area (Å²) < 4.78 is 15.1. The molecule has 21 heavy (non-hydrogen) atoms. The van der Waals surface area contributed by atoms with Gasteiger partial charge in [-0.2, -0.15) is 0 Å². The number of nitrogens with zero attached hydrogens (tertiary/aromatic N) is 1. The fraction of sp³-hybridized carbons (Fsp3) is 0.429. The molecular formula is C14H16ClNO5. The molecule has 1 saturated heterocycles. The predicted molar refractivity (Wildman–Crippen MR) is 77.0 cm³/mol. The molecule has 0 unspecified atom stereocenters. The Morgan fingerprint density at radius 1 is 1.24 bits per heavy atom. The molecule has 6 nitrogen and oxygen atoms in total. The molecule has 0 aliphatic carbocycles. The van der Waals surface area contributed by atoms with E-state index in [1.54, 1.807) is 12.1 Å². The lowest BCUT2D eigenvalue weighted by molar-refractivity contribution is -0.145. The number of ether oxygens (including phenoxy) is 3. The van der Waals surface area contributed by atoms with Crippen molar-refractivity contribution in [3.63, 3.8) is 0 Å². The Bertz CT molecular complexity index is 575. The highest BCUT2D eigenvalue weighted by atomic mass is 35.5. The first-order valence-corrected chi connectivity index (χ1v) is 6.69. The summed E-state index contributed by atoms with van der Waals surface area (Å²) in [4.78, 5) is 25.2. The first-order chi connectivity index (χ1) is 10.0. The van der Waals surface area contributed by atoms with E-state index in [9.17, 15) is 9.59 Å². The normalized spacial score (nSPS) is 17.8. The van der Waals surface area contributed by atoms with Gasteiger partial charge in [0.25, 0.3) is 0 Å². The molecule has 1 aliphatic rings. The average Bonchev–Trinajstić information content (AvgIpc) is 2.87. The van der Waals surface area contributed by atoms with E-state index in [1.165, 1.54) is 26.2 Å². The molecule has 0 N–H and O–H groups in total. The number of methoxy groups -OCH3 is 3. The minimum absolute atomic E-state index is 0.112. The van der Waals surface area contributed by atoms with E-state index >= 15 is 0 Å². The number of hydrogen-bond acceptors (Lipinski definition) is 5. The van der Waals surface area contributed by atoms with Gasteiger partial charge in [-0.1, -0.05) is 11.6 Å². The lowest BCUT2D eigenvalue weighted by atomic mass is 10.1. The minimum atomic E-state index is -0.478. The average molecular weight is 314 g/mol. The van der Waals surface area contributed by atoms with Crippen LogP contribution in [0.2, 0.25) is 5.02 Å². The molecule has 1 atom stereocenters. The van der Waals surface area contributed by atoms with Crippen LogP contribution >= 0.6 is 11.6 Å². The van der Waals surface area contributed by atoms with Gasteiger partial charge < -0.3 is 19.1 Å². The van der Waals surface area contributed by atoms with Crippen LogP contribution in [0.4, 0.5) is 5.69 Å². The van der Waals surface area contributed by atoms with Gasteiger partial charge in [0.2, 0.25) is 5.91 Å². The van der Waals surface area contributed by atoms with E-state index in [0.717, 1.165) is 0 Å². The fourth-order valence-corrected chi connectivity index (χ4v) is 2.55. The van der Waals surface area contributed by atoms with Crippen LogP contribution < -0.4 is 14.4 Å². The van der Waals surface area contributed by atoms with Gasteiger partial charge in [0.05, 0.1) is 38.0 Å². The first kappa shape index (κ1) is 15.4. The van der Waals surface area contributed by atoms with Gasteiger partial charge in [-0.25, -0.2) is 0 Å².